The number of pyridine rings is 1. The Kier molecular flexibility index (Phi) is 5.84. The first kappa shape index (κ1) is 20.1. The summed E-state index contributed by atoms with van der Waals surface area (Å²) < 4.78 is 0. The fraction of sp³-hybridized carbons (Fsp3) is 0.167. The molecular weight excluding hydrogens is 398 g/mol. The molecule has 1 amide bonds. The lowest BCUT2D eigenvalue weighted by molar-refractivity contribution is 0.0949. The van der Waals surface area contributed by atoms with E-state index in [1.807, 2.05) is 55.6 Å². The molecule has 0 saturated heterocycles. The predicted molar refractivity (Wildman–Crippen MR) is 122 cm³/mol. The molecule has 2 N–H and O–H groups in total. The molecule has 5 nitrogen and oxygen atoms in total. The Morgan fingerprint density at radius 1 is 1.07 bits per heavy atom. The standard InChI is InChI=1S/C24H22ClN3O2/c1-28(12-11-26-23(29)17-5-3-2-4-6-17)15-18-14-27-24(30)22-20(18)10-8-16-7-9-19(25)13-21(16)22/h2-10,13-14H,11-12,15H2,1H3,(H,26,29)(H,27,30). The second-order valence-corrected chi connectivity index (χ2v) is 7.79. The van der Waals surface area contributed by atoms with E-state index in [-0.39, 0.29) is 11.5 Å². The minimum Gasteiger partial charge on any atom is -0.351 e. The van der Waals surface area contributed by atoms with Gasteiger partial charge in [0.15, 0.2) is 0 Å². The summed E-state index contributed by atoms with van der Waals surface area (Å²) in [4.78, 5) is 29.7. The molecule has 0 radical (unpaired) electrons. The van der Waals surface area contributed by atoms with Gasteiger partial charge in [0.25, 0.3) is 11.5 Å². The second-order valence-electron chi connectivity index (χ2n) is 7.36. The van der Waals surface area contributed by atoms with Crippen molar-refractivity contribution in [2.75, 3.05) is 20.1 Å². The lowest BCUT2D eigenvalue weighted by Crippen LogP contribution is -2.32. The molecule has 0 aliphatic rings. The average Bonchev–Trinajstić information content (AvgIpc) is 2.75. The SMILES string of the molecule is CN(CCNC(=O)c1ccccc1)Cc1c[nH]c(=O)c2c1ccc1ccc(Cl)cc12. The maximum Gasteiger partial charge on any atom is 0.256 e. The number of amides is 1. The van der Waals surface area contributed by atoms with E-state index in [1.54, 1.807) is 18.3 Å². The number of H-pyrrole nitrogens is 1. The van der Waals surface area contributed by atoms with Gasteiger partial charge < -0.3 is 15.2 Å². The van der Waals surface area contributed by atoms with E-state index in [4.69, 9.17) is 11.6 Å². The van der Waals surface area contributed by atoms with E-state index in [0.717, 1.165) is 21.7 Å². The Labute approximate surface area is 179 Å². The molecule has 30 heavy (non-hydrogen) atoms. The van der Waals surface area contributed by atoms with Gasteiger partial charge in [-0.25, -0.2) is 0 Å². The van der Waals surface area contributed by atoms with E-state index < -0.39 is 0 Å². The van der Waals surface area contributed by atoms with Crippen molar-refractivity contribution >= 4 is 39.1 Å². The number of rotatable bonds is 6. The molecule has 0 aliphatic carbocycles. The molecule has 3 aromatic carbocycles. The Bertz CT molecular complexity index is 1270. The number of hydrogen-bond donors (Lipinski definition) is 2. The number of likely N-dealkylation sites (N-methyl/N-ethyl adjacent to an activating group) is 1. The van der Waals surface area contributed by atoms with Crippen molar-refractivity contribution in [1.82, 2.24) is 15.2 Å². The molecule has 4 rings (SSSR count). The zero-order valence-corrected chi connectivity index (χ0v) is 17.4. The zero-order chi connectivity index (χ0) is 21.1. The van der Waals surface area contributed by atoms with Crippen LogP contribution in [0.5, 0.6) is 0 Å². The summed E-state index contributed by atoms with van der Waals surface area (Å²) in [6.07, 6.45) is 1.76. The van der Waals surface area contributed by atoms with Gasteiger partial charge >= 0.3 is 0 Å². The molecule has 1 aromatic heterocycles. The number of aromatic amines is 1. The first-order valence-electron chi connectivity index (χ1n) is 9.77. The molecule has 0 unspecified atom stereocenters. The van der Waals surface area contributed by atoms with Gasteiger partial charge in [-0.05, 0) is 53.0 Å². The summed E-state index contributed by atoms with van der Waals surface area (Å²) in [7, 11) is 1.99. The number of halogens is 1. The lowest BCUT2D eigenvalue weighted by atomic mass is 10.0. The van der Waals surface area contributed by atoms with E-state index in [9.17, 15) is 9.59 Å². The summed E-state index contributed by atoms with van der Waals surface area (Å²) in [5.74, 6) is -0.0816. The van der Waals surface area contributed by atoms with Gasteiger partial charge in [0.1, 0.15) is 0 Å². The van der Waals surface area contributed by atoms with Crippen molar-refractivity contribution in [3.63, 3.8) is 0 Å². The van der Waals surface area contributed by atoms with Gasteiger partial charge in [0, 0.05) is 36.4 Å². The largest absolute Gasteiger partial charge is 0.351 e. The molecule has 0 saturated carbocycles. The van der Waals surface area contributed by atoms with Crippen LogP contribution in [-0.4, -0.2) is 35.9 Å². The van der Waals surface area contributed by atoms with Gasteiger partial charge in [-0.15, -0.1) is 0 Å². The summed E-state index contributed by atoms with van der Waals surface area (Å²) in [5.41, 5.74) is 1.54. The monoisotopic (exact) mass is 419 g/mol. The average molecular weight is 420 g/mol. The first-order valence-corrected chi connectivity index (χ1v) is 10.1. The van der Waals surface area contributed by atoms with Crippen LogP contribution in [0.25, 0.3) is 21.5 Å². The molecule has 0 aliphatic heterocycles. The second kappa shape index (κ2) is 8.69. The zero-order valence-electron chi connectivity index (χ0n) is 16.6. The highest BCUT2D eigenvalue weighted by Gasteiger charge is 2.11. The number of hydrogen-bond acceptors (Lipinski definition) is 3. The van der Waals surface area contributed by atoms with Crippen LogP contribution in [-0.2, 0) is 6.54 Å². The number of nitrogens with zero attached hydrogens (tertiary/aromatic N) is 1. The van der Waals surface area contributed by atoms with E-state index in [0.29, 0.717) is 35.6 Å². The number of carbonyl (C=O) groups excluding carboxylic acids is 1. The van der Waals surface area contributed by atoms with Crippen molar-refractivity contribution in [2.45, 2.75) is 6.54 Å². The van der Waals surface area contributed by atoms with E-state index in [1.165, 1.54) is 0 Å². The van der Waals surface area contributed by atoms with Crippen LogP contribution in [0.4, 0.5) is 0 Å². The third-order valence-electron chi connectivity index (χ3n) is 5.19. The third kappa shape index (κ3) is 4.22. The number of aromatic nitrogens is 1. The van der Waals surface area contributed by atoms with Crippen LogP contribution in [0.15, 0.2) is 71.7 Å². The highest BCUT2D eigenvalue weighted by atomic mass is 35.5. The van der Waals surface area contributed by atoms with Gasteiger partial charge in [-0.3, -0.25) is 9.59 Å². The van der Waals surface area contributed by atoms with Gasteiger partial charge in [-0.2, -0.15) is 0 Å². The highest BCUT2D eigenvalue weighted by Crippen LogP contribution is 2.27. The molecule has 4 aromatic rings. The number of benzene rings is 3. The highest BCUT2D eigenvalue weighted by molar-refractivity contribution is 6.31. The quantitative estimate of drug-likeness (QED) is 0.460. The van der Waals surface area contributed by atoms with E-state index in [2.05, 4.69) is 15.2 Å². The molecule has 0 spiro atoms. The van der Waals surface area contributed by atoms with Crippen LogP contribution < -0.4 is 10.9 Å². The molecule has 6 heteroatoms. The van der Waals surface area contributed by atoms with E-state index >= 15 is 0 Å². The number of fused-ring (bicyclic) bond motifs is 3. The fourth-order valence-electron chi connectivity index (χ4n) is 3.66. The Balaban J connectivity index is 1.50. The summed E-state index contributed by atoms with van der Waals surface area (Å²) in [6.45, 7) is 1.85. The van der Waals surface area contributed by atoms with Gasteiger partial charge in [-0.1, -0.05) is 48.0 Å². The maximum absolute atomic E-state index is 12.6. The maximum atomic E-state index is 12.6. The third-order valence-corrected chi connectivity index (χ3v) is 5.42. The smallest absolute Gasteiger partial charge is 0.256 e. The van der Waals surface area contributed by atoms with Crippen molar-refractivity contribution in [2.24, 2.45) is 0 Å². The first-order chi connectivity index (χ1) is 14.5. The van der Waals surface area contributed by atoms with Gasteiger partial charge in [0.05, 0.1) is 5.39 Å². The summed E-state index contributed by atoms with van der Waals surface area (Å²) >= 11 is 6.17. The van der Waals surface area contributed by atoms with Crippen LogP contribution in [0, 0.1) is 0 Å². The predicted octanol–water partition coefficient (Wildman–Crippen LogP) is 4.20. The molecule has 152 valence electrons. The van der Waals surface area contributed by atoms with Gasteiger partial charge in [0.2, 0.25) is 0 Å². The Hall–Kier alpha value is -3.15. The van der Waals surface area contributed by atoms with Crippen LogP contribution >= 0.6 is 11.6 Å². The molecule has 0 atom stereocenters. The lowest BCUT2D eigenvalue weighted by Gasteiger charge is -2.18. The summed E-state index contributed by atoms with van der Waals surface area (Å²) in [5, 5.41) is 6.93. The fourth-order valence-corrected chi connectivity index (χ4v) is 3.83. The summed E-state index contributed by atoms with van der Waals surface area (Å²) in [6, 6.07) is 18.7. The van der Waals surface area contributed by atoms with Crippen LogP contribution in [0.3, 0.4) is 0 Å². The molecule has 0 bridgehead atoms. The normalized spacial score (nSPS) is 11.3. The topological polar surface area (TPSA) is 65.2 Å². The van der Waals surface area contributed by atoms with Crippen LogP contribution in [0.2, 0.25) is 5.02 Å². The minimum atomic E-state index is -0.126. The Morgan fingerprint density at radius 3 is 2.63 bits per heavy atom. The van der Waals surface area contributed by atoms with Crippen molar-refractivity contribution in [3.05, 3.63) is 93.4 Å². The van der Waals surface area contributed by atoms with Crippen molar-refractivity contribution in [1.29, 1.82) is 0 Å². The van der Waals surface area contributed by atoms with Crippen molar-refractivity contribution < 1.29 is 4.79 Å². The number of carbonyl (C=O) groups is 1. The molecule has 0 fully saturated rings. The number of nitrogens with one attached hydrogen (secondary N) is 2. The van der Waals surface area contributed by atoms with Crippen molar-refractivity contribution in [3.8, 4) is 0 Å². The molecule has 1 heterocycles. The van der Waals surface area contributed by atoms with Crippen LogP contribution in [0.1, 0.15) is 15.9 Å². The molecular formula is C24H22ClN3O2. The Morgan fingerprint density at radius 2 is 1.83 bits per heavy atom. The minimum absolute atomic E-state index is 0.0816.